The number of fused-ring (bicyclic) bond motifs is 2. The minimum atomic E-state index is -0.00658. The van der Waals surface area contributed by atoms with Crippen molar-refractivity contribution < 1.29 is 4.79 Å². The second-order valence-corrected chi connectivity index (χ2v) is 7.44. The summed E-state index contributed by atoms with van der Waals surface area (Å²) in [7, 11) is 0. The third-order valence-corrected chi connectivity index (χ3v) is 5.77. The Morgan fingerprint density at radius 1 is 0.926 bits per heavy atom. The summed E-state index contributed by atoms with van der Waals surface area (Å²) in [6.07, 6.45) is 2.35. The summed E-state index contributed by atoms with van der Waals surface area (Å²) in [5.74, 6) is 0. The highest BCUT2D eigenvalue weighted by atomic mass is 16.2. The highest BCUT2D eigenvalue weighted by molar-refractivity contribution is 6.01. The second kappa shape index (κ2) is 6.62. The number of nitrogens with zero attached hydrogens (tertiary/aromatic N) is 2. The van der Waals surface area contributed by atoms with Crippen molar-refractivity contribution >= 4 is 28.2 Å². The molecule has 5 rings (SSSR count). The lowest BCUT2D eigenvalue weighted by atomic mass is 9.97. The van der Waals surface area contributed by atoms with E-state index in [9.17, 15) is 4.79 Å². The Hall–Kier alpha value is -3.01. The molecule has 1 saturated heterocycles. The number of hydrogen-bond donors (Lipinski definition) is 1. The molecule has 0 saturated carbocycles. The largest absolute Gasteiger partial charge is 0.365 e. The van der Waals surface area contributed by atoms with Crippen molar-refractivity contribution in [3.63, 3.8) is 0 Å². The first-order valence-corrected chi connectivity index (χ1v) is 9.68. The summed E-state index contributed by atoms with van der Waals surface area (Å²) in [6.45, 7) is 2.65. The highest BCUT2D eigenvalue weighted by Gasteiger charge is 2.36. The maximum Gasteiger partial charge on any atom is 0.322 e. The molecule has 2 aliphatic heterocycles. The number of nitrogens with one attached hydrogen (secondary N) is 1. The first kappa shape index (κ1) is 16.2. The Morgan fingerprint density at radius 3 is 2.63 bits per heavy atom. The first-order valence-electron chi connectivity index (χ1n) is 9.68. The molecule has 0 aromatic heterocycles. The molecule has 2 heterocycles. The van der Waals surface area contributed by atoms with E-state index in [-0.39, 0.29) is 6.03 Å². The molecule has 0 unspecified atom stereocenters. The summed E-state index contributed by atoms with van der Waals surface area (Å²) >= 11 is 0. The van der Waals surface area contributed by atoms with Crippen molar-refractivity contribution in [1.29, 1.82) is 0 Å². The summed E-state index contributed by atoms with van der Waals surface area (Å²) < 4.78 is 0. The van der Waals surface area contributed by atoms with Crippen molar-refractivity contribution in [1.82, 2.24) is 4.90 Å². The number of amides is 2. The molecule has 0 aliphatic carbocycles. The molecule has 27 heavy (non-hydrogen) atoms. The van der Waals surface area contributed by atoms with Gasteiger partial charge >= 0.3 is 6.03 Å². The number of urea groups is 1. The maximum atomic E-state index is 12.7. The molecule has 1 N–H and O–H groups in total. The fourth-order valence-corrected chi connectivity index (χ4v) is 4.29. The number of likely N-dealkylation sites (tertiary alicyclic amines) is 1. The molecule has 4 nitrogen and oxygen atoms in total. The van der Waals surface area contributed by atoms with E-state index in [2.05, 4.69) is 52.7 Å². The zero-order valence-electron chi connectivity index (χ0n) is 15.3. The molecule has 2 amide bonds. The molecule has 3 aromatic rings. The molecule has 136 valence electrons. The second-order valence-electron chi connectivity index (χ2n) is 7.44. The van der Waals surface area contributed by atoms with Gasteiger partial charge in [0.1, 0.15) is 0 Å². The molecular formula is C23H23N3O. The zero-order chi connectivity index (χ0) is 18.2. The Labute approximate surface area is 159 Å². The molecule has 2 aliphatic rings. The third-order valence-electron chi connectivity index (χ3n) is 5.77. The summed E-state index contributed by atoms with van der Waals surface area (Å²) in [6, 6.07) is 23.3. The Balaban J connectivity index is 1.27. The lowest BCUT2D eigenvalue weighted by Gasteiger charge is -2.48. The molecule has 0 radical (unpaired) electrons. The van der Waals surface area contributed by atoms with Gasteiger partial charge in [-0.15, -0.1) is 0 Å². The van der Waals surface area contributed by atoms with Crippen molar-refractivity contribution in [2.45, 2.75) is 18.9 Å². The van der Waals surface area contributed by atoms with Gasteiger partial charge in [0, 0.05) is 30.7 Å². The van der Waals surface area contributed by atoms with Crippen LogP contribution in [0.5, 0.6) is 0 Å². The van der Waals surface area contributed by atoms with Gasteiger partial charge in [0.05, 0.1) is 11.7 Å². The van der Waals surface area contributed by atoms with Crippen LogP contribution in [0, 0.1) is 0 Å². The predicted molar refractivity (Wildman–Crippen MR) is 110 cm³/mol. The molecule has 0 atom stereocenters. The lowest BCUT2D eigenvalue weighted by Crippen LogP contribution is -2.62. The Bertz CT molecular complexity index is 988. The number of para-hydroxylation sites is 1. The molecule has 0 spiro atoms. The fourth-order valence-electron chi connectivity index (χ4n) is 4.29. The number of hydrogen-bond acceptors (Lipinski definition) is 2. The molecule has 3 aromatic carbocycles. The normalized spacial score (nSPS) is 16.7. The van der Waals surface area contributed by atoms with Crippen LogP contribution in [0.3, 0.4) is 0 Å². The van der Waals surface area contributed by atoms with E-state index in [1.165, 1.54) is 17.7 Å². The maximum absolute atomic E-state index is 12.7. The van der Waals surface area contributed by atoms with Crippen LogP contribution in [0.25, 0.3) is 10.8 Å². The number of benzene rings is 3. The average Bonchev–Trinajstić information content (AvgIpc) is 2.67. The smallest absolute Gasteiger partial charge is 0.322 e. The predicted octanol–water partition coefficient (Wildman–Crippen LogP) is 4.51. The molecular weight excluding hydrogens is 334 g/mol. The van der Waals surface area contributed by atoms with E-state index in [1.807, 2.05) is 29.2 Å². The van der Waals surface area contributed by atoms with E-state index in [0.29, 0.717) is 6.04 Å². The quantitative estimate of drug-likeness (QED) is 0.732. The van der Waals surface area contributed by atoms with Gasteiger partial charge in [0.2, 0.25) is 0 Å². The number of carbonyl (C=O) groups excluding carboxylic acids is 1. The van der Waals surface area contributed by atoms with E-state index in [0.717, 1.165) is 42.5 Å². The number of rotatable bonds is 2. The van der Waals surface area contributed by atoms with E-state index < -0.39 is 0 Å². The summed E-state index contributed by atoms with van der Waals surface area (Å²) in [4.78, 5) is 17.1. The zero-order valence-corrected chi connectivity index (χ0v) is 15.3. The van der Waals surface area contributed by atoms with Crippen LogP contribution in [-0.4, -0.2) is 36.6 Å². The van der Waals surface area contributed by atoms with E-state index in [4.69, 9.17) is 0 Å². The topological polar surface area (TPSA) is 35.6 Å². The van der Waals surface area contributed by atoms with E-state index >= 15 is 0 Å². The van der Waals surface area contributed by atoms with Gasteiger partial charge in [-0.1, -0.05) is 54.6 Å². The standard InChI is InChI=1S/C23H23N3O/c27-23(24-21-12-5-9-17-7-1-3-11-20(17)21)25-15-19(16-25)26-14-6-10-18-8-2-4-13-22(18)26/h1-5,7-9,11-13,19H,6,10,14-16H2,(H,24,27). The molecule has 0 bridgehead atoms. The molecule has 1 fully saturated rings. The van der Waals surface area contributed by atoms with Gasteiger partial charge in [-0.3, -0.25) is 0 Å². The lowest BCUT2D eigenvalue weighted by molar-refractivity contribution is 0.160. The fraction of sp³-hybridized carbons (Fsp3) is 0.261. The van der Waals surface area contributed by atoms with Crippen LogP contribution in [0.4, 0.5) is 16.2 Å². The van der Waals surface area contributed by atoms with Crippen molar-refractivity contribution in [2.24, 2.45) is 0 Å². The highest BCUT2D eigenvalue weighted by Crippen LogP contribution is 2.31. The van der Waals surface area contributed by atoms with Gasteiger partial charge in [-0.2, -0.15) is 0 Å². The Kier molecular flexibility index (Phi) is 3.97. The van der Waals surface area contributed by atoms with Gasteiger partial charge < -0.3 is 15.1 Å². The van der Waals surface area contributed by atoms with E-state index in [1.54, 1.807) is 0 Å². The summed E-state index contributed by atoms with van der Waals surface area (Å²) in [5.41, 5.74) is 3.66. The van der Waals surface area contributed by atoms with Crippen molar-refractivity contribution in [3.8, 4) is 0 Å². The van der Waals surface area contributed by atoms with Gasteiger partial charge in [0.25, 0.3) is 0 Å². The monoisotopic (exact) mass is 357 g/mol. The van der Waals surface area contributed by atoms with Crippen molar-refractivity contribution in [2.75, 3.05) is 29.9 Å². The van der Waals surface area contributed by atoms with Gasteiger partial charge in [-0.25, -0.2) is 4.79 Å². The van der Waals surface area contributed by atoms with Gasteiger partial charge in [-0.05, 0) is 35.9 Å². The number of aryl methyl sites for hydroxylation is 1. The average molecular weight is 357 g/mol. The first-order chi connectivity index (χ1) is 13.3. The van der Waals surface area contributed by atoms with Gasteiger partial charge in [0.15, 0.2) is 0 Å². The van der Waals surface area contributed by atoms with Crippen LogP contribution in [0.1, 0.15) is 12.0 Å². The minimum absolute atomic E-state index is 0.00658. The third kappa shape index (κ3) is 2.91. The summed E-state index contributed by atoms with van der Waals surface area (Å²) in [5, 5.41) is 5.32. The number of anilines is 2. The van der Waals surface area contributed by atoms with Crippen LogP contribution in [0.2, 0.25) is 0 Å². The minimum Gasteiger partial charge on any atom is -0.365 e. The molecule has 4 heteroatoms. The Morgan fingerprint density at radius 2 is 1.70 bits per heavy atom. The van der Waals surface area contributed by atoms with Crippen LogP contribution >= 0.6 is 0 Å². The SMILES string of the molecule is O=C(Nc1cccc2ccccc12)N1CC(N2CCCc3ccccc32)C1. The number of carbonyl (C=O) groups is 1. The van der Waals surface area contributed by atoms with Crippen LogP contribution in [0.15, 0.2) is 66.7 Å². The van der Waals surface area contributed by atoms with Crippen molar-refractivity contribution in [3.05, 3.63) is 72.3 Å². The van der Waals surface area contributed by atoms with Crippen LogP contribution < -0.4 is 10.2 Å². The van der Waals surface area contributed by atoms with Crippen LogP contribution in [-0.2, 0) is 6.42 Å².